The molecule has 0 saturated heterocycles. The highest BCUT2D eigenvalue weighted by Gasteiger charge is 2.33. The maximum absolute atomic E-state index is 13.2. The first-order chi connectivity index (χ1) is 14.4. The first kappa shape index (κ1) is 22.1. The highest BCUT2D eigenvalue weighted by atomic mass is 32.1. The Morgan fingerprint density at radius 3 is 2.83 bits per heavy atom. The highest BCUT2D eigenvalue weighted by molar-refractivity contribution is 7.10. The summed E-state index contributed by atoms with van der Waals surface area (Å²) in [7, 11) is 0. The number of benzene rings is 1. The molecule has 0 bridgehead atoms. The number of rotatable bonds is 8. The van der Waals surface area contributed by atoms with Crippen LogP contribution < -0.4 is 4.74 Å². The van der Waals surface area contributed by atoms with Gasteiger partial charge in [-0.05, 0) is 48.9 Å². The molecule has 2 heterocycles. The number of nitrogens with zero attached hydrogens (tertiary/aromatic N) is 2. The lowest BCUT2D eigenvalue weighted by Gasteiger charge is -2.37. The van der Waals surface area contributed by atoms with Crippen LogP contribution in [-0.2, 0) is 16.0 Å². The molecule has 3 rings (SSSR count). The number of carbonyl (C=O) groups excluding carboxylic acids is 2. The largest absolute Gasteiger partial charge is 0.491 e. The summed E-state index contributed by atoms with van der Waals surface area (Å²) < 4.78 is 6.17. The Hall–Kier alpha value is -2.60. The maximum Gasteiger partial charge on any atom is 0.242 e. The Morgan fingerprint density at radius 1 is 1.33 bits per heavy atom. The number of aryl methyl sites for hydroxylation is 2. The zero-order valence-corrected chi connectivity index (χ0v) is 18.8. The van der Waals surface area contributed by atoms with Crippen molar-refractivity contribution >= 4 is 23.2 Å². The van der Waals surface area contributed by atoms with Crippen molar-refractivity contribution in [1.29, 1.82) is 0 Å². The molecule has 1 aromatic heterocycles. The van der Waals surface area contributed by atoms with E-state index in [1.54, 1.807) is 22.3 Å². The van der Waals surface area contributed by atoms with Crippen molar-refractivity contribution in [3.05, 3.63) is 63.9 Å². The van der Waals surface area contributed by atoms with Crippen molar-refractivity contribution in [3.8, 4) is 5.75 Å². The van der Waals surface area contributed by atoms with Gasteiger partial charge in [0.1, 0.15) is 18.9 Å². The van der Waals surface area contributed by atoms with Crippen molar-refractivity contribution in [2.24, 2.45) is 0 Å². The second kappa shape index (κ2) is 9.94. The number of hydrogen-bond donors (Lipinski definition) is 0. The highest BCUT2D eigenvalue weighted by Crippen LogP contribution is 2.34. The first-order valence-corrected chi connectivity index (χ1v) is 11.3. The summed E-state index contributed by atoms with van der Waals surface area (Å²) in [6, 6.07) is 8.05. The summed E-state index contributed by atoms with van der Waals surface area (Å²) in [4.78, 5) is 30.2. The monoisotopic (exact) mass is 426 g/mol. The second-order valence-corrected chi connectivity index (χ2v) is 8.65. The number of ether oxygens (including phenoxy) is 1. The van der Waals surface area contributed by atoms with Crippen LogP contribution in [0.2, 0.25) is 0 Å². The predicted molar refractivity (Wildman–Crippen MR) is 121 cm³/mol. The summed E-state index contributed by atoms with van der Waals surface area (Å²) >= 11 is 1.73. The fraction of sp³-hybridized carbons (Fsp3) is 0.417. The molecule has 1 unspecified atom stereocenters. The molecule has 160 valence electrons. The Balaban J connectivity index is 1.79. The zero-order valence-electron chi connectivity index (χ0n) is 18.0. The maximum atomic E-state index is 13.2. The van der Waals surface area contributed by atoms with Gasteiger partial charge in [0.05, 0.1) is 6.04 Å². The average molecular weight is 427 g/mol. The molecule has 30 heavy (non-hydrogen) atoms. The minimum atomic E-state index is -0.157. The van der Waals surface area contributed by atoms with E-state index < -0.39 is 0 Å². The summed E-state index contributed by atoms with van der Waals surface area (Å²) in [5, 5.41) is 2.08. The number of carbonyl (C=O) groups is 2. The van der Waals surface area contributed by atoms with E-state index in [1.807, 2.05) is 30.9 Å². The lowest BCUT2D eigenvalue weighted by atomic mass is 10.00. The van der Waals surface area contributed by atoms with Crippen LogP contribution in [0.25, 0.3) is 0 Å². The van der Waals surface area contributed by atoms with E-state index in [0.29, 0.717) is 26.1 Å². The SMILES string of the molecule is C=CCN(CC(=O)N1CCc2sccc2C1COc1ccc(C)cc1C)C(=O)CC. The third-order valence-electron chi connectivity index (χ3n) is 5.47. The van der Waals surface area contributed by atoms with Crippen LogP contribution in [0.4, 0.5) is 0 Å². The molecule has 1 aliphatic heterocycles. The van der Waals surface area contributed by atoms with Crippen molar-refractivity contribution in [1.82, 2.24) is 9.80 Å². The molecule has 0 aliphatic carbocycles. The van der Waals surface area contributed by atoms with Crippen LogP contribution in [0.5, 0.6) is 5.75 Å². The minimum Gasteiger partial charge on any atom is -0.491 e. The molecule has 2 amide bonds. The van der Waals surface area contributed by atoms with Gasteiger partial charge in [-0.3, -0.25) is 9.59 Å². The van der Waals surface area contributed by atoms with Gasteiger partial charge in [-0.2, -0.15) is 0 Å². The minimum absolute atomic E-state index is 0.0421. The number of fused-ring (bicyclic) bond motifs is 1. The smallest absolute Gasteiger partial charge is 0.242 e. The van der Waals surface area contributed by atoms with E-state index >= 15 is 0 Å². The molecule has 2 aromatic rings. The van der Waals surface area contributed by atoms with Crippen LogP contribution in [0, 0.1) is 13.8 Å². The lowest BCUT2D eigenvalue weighted by molar-refractivity contribution is -0.142. The van der Waals surface area contributed by atoms with E-state index in [2.05, 4.69) is 31.0 Å². The van der Waals surface area contributed by atoms with Crippen molar-refractivity contribution in [2.45, 2.75) is 39.7 Å². The van der Waals surface area contributed by atoms with Gasteiger partial charge in [0, 0.05) is 24.4 Å². The zero-order chi connectivity index (χ0) is 21.7. The number of thiophene rings is 1. The summed E-state index contributed by atoms with van der Waals surface area (Å²) in [5.41, 5.74) is 3.43. The van der Waals surface area contributed by atoms with E-state index in [0.717, 1.165) is 23.3 Å². The fourth-order valence-electron chi connectivity index (χ4n) is 3.89. The van der Waals surface area contributed by atoms with Gasteiger partial charge in [0.2, 0.25) is 11.8 Å². The van der Waals surface area contributed by atoms with Gasteiger partial charge in [-0.25, -0.2) is 0 Å². The van der Waals surface area contributed by atoms with Gasteiger partial charge in [-0.15, -0.1) is 17.9 Å². The molecule has 0 N–H and O–H groups in total. The summed E-state index contributed by atoms with van der Waals surface area (Å²) in [6.07, 6.45) is 2.87. The molecule has 6 heteroatoms. The van der Waals surface area contributed by atoms with Crippen LogP contribution in [0.1, 0.15) is 41.0 Å². The van der Waals surface area contributed by atoms with Crippen molar-refractivity contribution < 1.29 is 14.3 Å². The predicted octanol–water partition coefficient (Wildman–Crippen LogP) is 4.29. The number of hydrogen-bond acceptors (Lipinski definition) is 4. The van der Waals surface area contributed by atoms with Crippen molar-refractivity contribution in [3.63, 3.8) is 0 Å². The molecule has 0 spiro atoms. The molecular weight excluding hydrogens is 396 g/mol. The topological polar surface area (TPSA) is 49.9 Å². The third-order valence-corrected chi connectivity index (χ3v) is 6.47. The Morgan fingerprint density at radius 2 is 2.13 bits per heavy atom. The molecule has 0 radical (unpaired) electrons. The quantitative estimate of drug-likeness (QED) is 0.592. The summed E-state index contributed by atoms with van der Waals surface area (Å²) in [5.74, 6) is 0.745. The van der Waals surface area contributed by atoms with Gasteiger partial charge < -0.3 is 14.5 Å². The van der Waals surface area contributed by atoms with E-state index in [-0.39, 0.29) is 24.4 Å². The van der Waals surface area contributed by atoms with E-state index in [1.165, 1.54) is 10.4 Å². The fourth-order valence-corrected chi connectivity index (χ4v) is 4.82. The second-order valence-electron chi connectivity index (χ2n) is 7.65. The van der Waals surface area contributed by atoms with Crippen molar-refractivity contribution in [2.75, 3.05) is 26.2 Å². The molecular formula is C24H30N2O3S. The molecule has 0 saturated carbocycles. The van der Waals surface area contributed by atoms with Gasteiger partial charge in [0.15, 0.2) is 0 Å². The molecule has 1 atom stereocenters. The third kappa shape index (κ3) is 4.93. The molecule has 0 fully saturated rings. The molecule has 1 aromatic carbocycles. The normalized spacial score (nSPS) is 15.4. The van der Waals surface area contributed by atoms with E-state index in [4.69, 9.17) is 4.74 Å². The van der Waals surface area contributed by atoms with Gasteiger partial charge in [-0.1, -0.05) is 30.7 Å². The Labute approximate surface area is 182 Å². The molecule has 1 aliphatic rings. The standard InChI is InChI=1S/C24H30N2O3S/c1-5-11-25(23(27)6-2)15-24(28)26-12-9-22-19(10-13-30-22)20(26)16-29-21-8-7-17(3)14-18(21)4/h5,7-8,10,13-14,20H,1,6,9,11-12,15-16H2,2-4H3. The average Bonchev–Trinajstić information content (AvgIpc) is 3.21. The summed E-state index contributed by atoms with van der Waals surface area (Å²) in [6.45, 7) is 11.1. The van der Waals surface area contributed by atoms with E-state index in [9.17, 15) is 9.59 Å². The number of amides is 2. The molecule has 5 nitrogen and oxygen atoms in total. The van der Waals surface area contributed by atoms with Gasteiger partial charge in [0.25, 0.3) is 0 Å². The van der Waals surface area contributed by atoms with Crippen LogP contribution in [-0.4, -0.2) is 47.9 Å². The van der Waals surface area contributed by atoms with Gasteiger partial charge >= 0.3 is 0 Å². The first-order valence-electron chi connectivity index (χ1n) is 10.4. The van der Waals surface area contributed by atoms with Crippen LogP contribution in [0.15, 0.2) is 42.3 Å². The Kier molecular flexibility index (Phi) is 7.32. The van der Waals surface area contributed by atoms with Crippen LogP contribution in [0.3, 0.4) is 0 Å². The lowest BCUT2D eigenvalue weighted by Crippen LogP contribution is -2.47. The van der Waals surface area contributed by atoms with Crippen LogP contribution >= 0.6 is 11.3 Å². The Bertz CT molecular complexity index is 921.